The van der Waals surface area contributed by atoms with E-state index < -0.39 is 0 Å². The van der Waals surface area contributed by atoms with Gasteiger partial charge in [-0.15, -0.1) is 10.2 Å². The molecule has 0 unspecified atom stereocenters. The summed E-state index contributed by atoms with van der Waals surface area (Å²) >= 11 is 4.96. The van der Waals surface area contributed by atoms with E-state index in [1.165, 1.54) is 31.0 Å². The molecule has 1 aliphatic carbocycles. The van der Waals surface area contributed by atoms with Gasteiger partial charge in [-0.2, -0.15) is 0 Å². The van der Waals surface area contributed by atoms with Gasteiger partial charge in [0.05, 0.1) is 5.75 Å². The fourth-order valence-corrected chi connectivity index (χ4v) is 4.96. The van der Waals surface area contributed by atoms with Gasteiger partial charge in [0.1, 0.15) is 0 Å². The number of amides is 1. The molecule has 5 nitrogen and oxygen atoms in total. The first-order chi connectivity index (χ1) is 14.6. The number of hydrogen-bond donors (Lipinski definition) is 1. The molecule has 1 aromatic heterocycles. The van der Waals surface area contributed by atoms with E-state index in [-0.39, 0.29) is 5.91 Å². The number of aromatic nitrogens is 3. The van der Waals surface area contributed by atoms with Crippen LogP contribution in [0.2, 0.25) is 0 Å². The lowest BCUT2D eigenvalue weighted by Crippen LogP contribution is -2.17. The highest BCUT2D eigenvalue weighted by Crippen LogP contribution is 2.35. The maximum absolute atomic E-state index is 12.5. The molecule has 30 heavy (non-hydrogen) atoms. The summed E-state index contributed by atoms with van der Waals surface area (Å²) < 4.78 is 3.30. The van der Waals surface area contributed by atoms with Crippen LogP contribution < -0.4 is 5.32 Å². The quantitative estimate of drug-likeness (QED) is 0.419. The smallest absolute Gasteiger partial charge is 0.234 e. The summed E-state index contributed by atoms with van der Waals surface area (Å²) in [7, 11) is 0. The minimum Gasteiger partial charge on any atom is -0.325 e. The second-order valence-corrected chi connectivity index (χ2v) is 9.54. The summed E-state index contributed by atoms with van der Waals surface area (Å²) in [5.41, 5.74) is 2.99. The Kier molecular flexibility index (Phi) is 6.89. The zero-order chi connectivity index (χ0) is 20.9. The number of carbonyl (C=O) groups is 1. The number of anilines is 1. The Labute approximate surface area is 189 Å². The van der Waals surface area contributed by atoms with Gasteiger partial charge in [-0.1, -0.05) is 71.2 Å². The molecule has 1 heterocycles. The van der Waals surface area contributed by atoms with Crippen molar-refractivity contribution >= 4 is 39.3 Å². The molecule has 1 aliphatic rings. The van der Waals surface area contributed by atoms with E-state index in [1.54, 1.807) is 0 Å². The summed E-state index contributed by atoms with van der Waals surface area (Å²) in [6.45, 7) is 2.01. The van der Waals surface area contributed by atoms with Crippen molar-refractivity contribution < 1.29 is 4.79 Å². The van der Waals surface area contributed by atoms with Crippen LogP contribution in [-0.2, 0) is 4.79 Å². The highest BCUT2D eigenvalue weighted by atomic mass is 79.9. The Morgan fingerprint density at radius 1 is 1.13 bits per heavy atom. The van der Waals surface area contributed by atoms with Crippen molar-refractivity contribution in [3.8, 4) is 11.4 Å². The predicted molar refractivity (Wildman–Crippen MR) is 126 cm³/mol. The summed E-state index contributed by atoms with van der Waals surface area (Å²) in [6.07, 6.45) is 5.99. The highest BCUT2D eigenvalue weighted by molar-refractivity contribution is 9.10. The molecule has 1 fully saturated rings. The van der Waals surface area contributed by atoms with Crippen molar-refractivity contribution in [2.75, 3.05) is 11.1 Å². The Bertz CT molecular complexity index is 1010. The van der Waals surface area contributed by atoms with E-state index in [4.69, 9.17) is 0 Å². The Balaban J connectivity index is 1.53. The van der Waals surface area contributed by atoms with Crippen LogP contribution in [0.3, 0.4) is 0 Å². The normalized spacial score (nSPS) is 14.6. The molecular formula is C23H25BrN4OS. The fourth-order valence-electron chi connectivity index (χ4n) is 3.89. The molecule has 4 rings (SSSR count). The molecule has 0 aliphatic heterocycles. The zero-order valence-electron chi connectivity index (χ0n) is 17.0. The van der Waals surface area contributed by atoms with Gasteiger partial charge in [-0.3, -0.25) is 9.36 Å². The van der Waals surface area contributed by atoms with Gasteiger partial charge >= 0.3 is 0 Å². The van der Waals surface area contributed by atoms with Gasteiger partial charge in [-0.25, -0.2) is 0 Å². The van der Waals surface area contributed by atoms with Crippen LogP contribution >= 0.6 is 27.7 Å². The van der Waals surface area contributed by atoms with Crippen molar-refractivity contribution in [3.05, 3.63) is 58.6 Å². The minimum absolute atomic E-state index is 0.0333. The largest absolute Gasteiger partial charge is 0.325 e. The topological polar surface area (TPSA) is 59.8 Å². The summed E-state index contributed by atoms with van der Waals surface area (Å²) in [6, 6.07) is 16.4. The van der Waals surface area contributed by atoms with Gasteiger partial charge in [0.2, 0.25) is 5.91 Å². The van der Waals surface area contributed by atoms with Crippen molar-refractivity contribution in [1.82, 2.24) is 14.8 Å². The number of rotatable bonds is 6. The molecule has 1 amide bonds. The Morgan fingerprint density at radius 2 is 1.90 bits per heavy atom. The molecule has 3 aromatic rings. The maximum Gasteiger partial charge on any atom is 0.234 e. The zero-order valence-corrected chi connectivity index (χ0v) is 19.4. The lowest BCUT2D eigenvalue weighted by Gasteiger charge is -2.25. The number of hydrogen-bond acceptors (Lipinski definition) is 4. The van der Waals surface area contributed by atoms with Crippen molar-refractivity contribution in [1.29, 1.82) is 0 Å². The number of thioether (sulfide) groups is 1. The summed E-state index contributed by atoms with van der Waals surface area (Å²) in [4.78, 5) is 12.5. The molecule has 156 valence electrons. The van der Waals surface area contributed by atoms with Crippen LogP contribution in [-0.4, -0.2) is 26.4 Å². The molecule has 0 radical (unpaired) electrons. The molecule has 0 atom stereocenters. The van der Waals surface area contributed by atoms with Crippen molar-refractivity contribution in [2.45, 2.75) is 50.2 Å². The summed E-state index contributed by atoms with van der Waals surface area (Å²) in [5, 5.41) is 12.8. The number of aryl methyl sites for hydroxylation is 1. The summed E-state index contributed by atoms with van der Waals surface area (Å²) in [5.74, 6) is 1.16. The minimum atomic E-state index is -0.0333. The van der Waals surface area contributed by atoms with E-state index in [9.17, 15) is 4.79 Å². The monoisotopic (exact) mass is 484 g/mol. The lowest BCUT2D eigenvalue weighted by molar-refractivity contribution is -0.113. The van der Waals surface area contributed by atoms with E-state index in [0.717, 1.165) is 45.1 Å². The number of nitrogens with zero attached hydrogens (tertiary/aromatic N) is 3. The molecule has 2 aromatic carbocycles. The number of carbonyl (C=O) groups excluding carboxylic acids is 1. The van der Waals surface area contributed by atoms with Gasteiger partial charge in [-0.05, 0) is 49.6 Å². The Hall–Kier alpha value is -2.12. The standard InChI is InChI=1S/C23H25BrN4OS/c1-16-6-5-7-19(14-16)25-21(29)15-30-23-27-26-22(17-10-12-18(24)13-11-17)28(23)20-8-3-2-4-9-20/h5-7,10-14,20H,2-4,8-9,15H2,1H3,(H,25,29). The van der Waals surface area contributed by atoms with E-state index in [1.807, 2.05) is 43.3 Å². The van der Waals surface area contributed by atoms with Crippen molar-refractivity contribution in [3.63, 3.8) is 0 Å². The number of nitrogens with one attached hydrogen (secondary N) is 1. The molecule has 1 N–H and O–H groups in total. The average Bonchev–Trinajstić information content (AvgIpc) is 3.17. The maximum atomic E-state index is 12.5. The van der Waals surface area contributed by atoms with Crippen molar-refractivity contribution in [2.24, 2.45) is 0 Å². The van der Waals surface area contributed by atoms with Crippen LogP contribution in [0.15, 0.2) is 58.2 Å². The fraction of sp³-hybridized carbons (Fsp3) is 0.348. The number of benzene rings is 2. The third-order valence-corrected chi connectivity index (χ3v) is 6.81. The lowest BCUT2D eigenvalue weighted by atomic mass is 9.95. The third-order valence-electron chi connectivity index (χ3n) is 5.34. The molecule has 7 heteroatoms. The van der Waals surface area contributed by atoms with Crippen LogP contribution in [0.4, 0.5) is 5.69 Å². The SMILES string of the molecule is Cc1cccc(NC(=O)CSc2nnc(-c3ccc(Br)cc3)n2C2CCCCC2)c1. The van der Waals surface area contributed by atoms with E-state index >= 15 is 0 Å². The molecular weight excluding hydrogens is 460 g/mol. The van der Waals surface area contributed by atoms with E-state index in [0.29, 0.717) is 11.8 Å². The molecule has 1 saturated carbocycles. The van der Waals surface area contributed by atoms with Crippen LogP contribution in [0.5, 0.6) is 0 Å². The van der Waals surface area contributed by atoms with Crippen LogP contribution in [0.1, 0.15) is 43.7 Å². The van der Waals surface area contributed by atoms with Gasteiger partial charge in [0.15, 0.2) is 11.0 Å². The second kappa shape index (κ2) is 9.79. The van der Waals surface area contributed by atoms with Gasteiger partial charge < -0.3 is 5.32 Å². The molecule has 0 spiro atoms. The van der Waals surface area contributed by atoms with Crippen LogP contribution in [0.25, 0.3) is 11.4 Å². The van der Waals surface area contributed by atoms with Gasteiger partial charge in [0, 0.05) is 21.8 Å². The first kappa shape index (κ1) is 21.1. The highest BCUT2D eigenvalue weighted by Gasteiger charge is 2.24. The first-order valence-electron chi connectivity index (χ1n) is 10.3. The average molecular weight is 485 g/mol. The first-order valence-corrected chi connectivity index (χ1v) is 12.1. The van der Waals surface area contributed by atoms with E-state index in [2.05, 4.69) is 48.1 Å². The predicted octanol–water partition coefficient (Wildman–Crippen LogP) is 6.25. The Morgan fingerprint density at radius 3 is 2.63 bits per heavy atom. The second-order valence-electron chi connectivity index (χ2n) is 7.68. The molecule has 0 bridgehead atoms. The number of halogens is 1. The van der Waals surface area contributed by atoms with Crippen LogP contribution in [0, 0.1) is 6.92 Å². The third kappa shape index (κ3) is 5.13. The molecule has 0 saturated heterocycles. The van der Waals surface area contributed by atoms with Gasteiger partial charge in [0.25, 0.3) is 0 Å².